The maximum atomic E-state index is 11.7. The van der Waals surface area contributed by atoms with Crippen LogP contribution in [0.1, 0.15) is 34.1 Å². The molecule has 0 N–H and O–H groups in total. The molecule has 0 saturated heterocycles. The molecule has 90 valence electrons. The molecule has 0 heterocycles. The molecular formula is C11H22O3S. The van der Waals surface area contributed by atoms with Gasteiger partial charge < -0.3 is 4.74 Å². The van der Waals surface area contributed by atoms with Gasteiger partial charge in [0.2, 0.25) is 0 Å². The van der Waals surface area contributed by atoms with Crippen molar-refractivity contribution in [2.75, 3.05) is 18.6 Å². The van der Waals surface area contributed by atoms with Crippen LogP contribution < -0.4 is 0 Å². The first-order valence-corrected chi connectivity index (χ1v) is 6.72. The average Bonchev–Trinajstić information content (AvgIpc) is 2.12. The van der Waals surface area contributed by atoms with Gasteiger partial charge in [0, 0.05) is 22.3 Å². The van der Waals surface area contributed by atoms with Gasteiger partial charge in [0.1, 0.15) is 0 Å². The fourth-order valence-electron chi connectivity index (χ4n) is 1.18. The molecule has 0 aliphatic heterocycles. The highest BCUT2D eigenvalue weighted by molar-refractivity contribution is 7.85. The summed E-state index contributed by atoms with van der Waals surface area (Å²) in [5.41, 5.74) is -0.642. The zero-order chi connectivity index (χ0) is 12.1. The molecule has 4 heteroatoms. The molecule has 0 aliphatic carbocycles. The Morgan fingerprint density at radius 1 is 1.40 bits per heavy atom. The van der Waals surface area contributed by atoms with Crippen LogP contribution in [0.5, 0.6) is 0 Å². The van der Waals surface area contributed by atoms with Crippen LogP contribution in [0.4, 0.5) is 0 Å². The van der Waals surface area contributed by atoms with Gasteiger partial charge in [-0.3, -0.25) is 9.00 Å². The normalized spacial score (nSPS) is 14.0. The summed E-state index contributed by atoms with van der Waals surface area (Å²) in [7, 11) is 0.429. The summed E-state index contributed by atoms with van der Waals surface area (Å²) >= 11 is 0. The number of carbonyl (C=O) groups excluding carboxylic acids is 1. The zero-order valence-electron chi connectivity index (χ0n) is 10.3. The lowest BCUT2D eigenvalue weighted by Crippen LogP contribution is -2.32. The SMILES string of the molecule is COC(=O)C(C)(C)CS(=O)CCC(C)C. The quantitative estimate of drug-likeness (QED) is 0.660. The molecule has 0 spiro atoms. The van der Waals surface area contributed by atoms with Crippen LogP contribution in [0.15, 0.2) is 0 Å². The van der Waals surface area contributed by atoms with Gasteiger partial charge in [-0.15, -0.1) is 0 Å². The number of carbonyl (C=O) groups is 1. The second kappa shape index (κ2) is 6.26. The first kappa shape index (κ1) is 14.6. The third-order valence-electron chi connectivity index (χ3n) is 2.18. The highest BCUT2D eigenvalue weighted by Gasteiger charge is 2.30. The molecule has 0 radical (unpaired) electrons. The van der Waals surface area contributed by atoms with Crippen LogP contribution >= 0.6 is 0 Å². The predicted octanol–water partition coefficient (Wildman–Crippen LogP) is 1.98. The first-order chi connectivity index (χ1) is 6.79. The summed E-state index contributed by atoms with van der Waals surface area (Å²) in [6.45, 7) is 7.74. The van der Waals surface area contributed by atoms with Crippen molar-refractivity contribution >= 4 is 16.8 Å². The Hall–Kier alpha value is -0.380. The van der Waals surface area contributed by atoms with Crippen LogP contribution in [0.25, 0.3) is 0 Å². The minimum atomic E-state index is -0.933. The van der Waals surface area contributed by atoms with Crippen LogP contribution in [-0.2, 0) is 20.3 Å². The number of hydrogen-bond donors (Lipinski definition) is 0. The third kappa shape index (κ3) is 5.92. The molecular weight excluding hydrogens is 212 g/mol. The van der Waals surface area contributed by atoms with Crippen molar-refractivity contribution in [3.05, 3.63) is 0 Å². The van der Waals surface area contributed by atoms with Crippen molar-refractivity contribution in [1.82, 2.24) is 0 Å². The topological polar surface area (TPSA) is 43.4 Å². The van der Waals surface area contributed by atoms with Crippen molar-refractivity contribution < 1.29 is 13.7 Å². The fraction of sp³-hybridized carbons (Fsp3) is 0.909. The number of hydrogen-bond acceptors (Lipinski definition) is 3. The van der Waals surface area contributed by atoms with Gasteiger partial charge in [0.25, 0.3) is 0 Å². The molecule has 1 unspecified atom stereocenters. The minimum absolute atomic E-state index is 0.291. The van der Waals surface area contributed by atoms with E-state index in [1.165, 1.54) is 7.11 Å². The summed E-state index contributed by atoms with van der Waals surface area (Å²) in [6, 6.07) is 0. The second-order valence-electron chi connectivity index (χ2n) is 4.85. The zero-order valence-corrected chi connectivity index (χ0v) is 11.1. The van der Waals surface area contributed by atoms with Crippen molar-refractivity contribution in [3.8, 4) is 0 Å². The summed E-state index contributed by atoms with van der Waals surface area (Å²) < 4.78 is 16.4. The molecule has 0 aromatic carbocycles. The van der Waals surface area contributed by atoms with Gasteiger partial charge in [0.15, 0.2) is 0 Å². The van der Waals surface area contributed by atoms with Gasteiger partial charge >= 0.3 is 5.97 Å². The van der Waals surface area contributed by atoms with Crippen molar-refractivity contribution in [2.45, 2.75) is 34.1 Å². The first-order valence-electron chi connectivity index (χ1n) is 5.23. The molecule has 0 aliphatic rings. The standard InChI is InChI=1S/C11H22O3S/c1-9(2)6-7-15(13)8-11(3,4)10(12)14-5/h9H,6-8H2,1-5H3. The number of methoxy groups -OCH3 is 1. The van der Waals surface area contributed by atoms with E-state index in [9.17, 15) is 9.00 Å². The summed E-state index contributed by atoms with van der Waals surface area (Å²) in [6.07, 6.45) is 0.934. The fourth-order valence-corrected chi connectivity index (χ4v) is 2.98. The van der Waals surface area contributed by atoms with E-state index >= 15 is 0 Å². The number of rotatable bonds is 6. The van der Waals surface area contributed by atoms with E-state index in [4.69, 9.17) is 0 Å². The van der Waals surface area contributed by atoms with Gasteiger partial charge in [-0.05, 0) is 26.2 Å². The van der Waals surface area contributed by atoms with Crippen LogP contribution in [0.2, 0.25) is 0 Å². The Morgan fingerprint density at radius 3 is 2.33 bits per heavy atom. The molecule has 0 aromatic heterocycles. The van der Waals surface area contributed by atoms with E-state index in [1.54, 1.807) is 13.8 Å². The molecule has 3 nitrogen and oxygen atoms in total. The lowest BCUT2D eigenvalue weighted by atomic mass is 9.97. The lowest BCUT2D eigenvalue weighted by molar-refractivity contribution is -0.149. The Morgan fingerprint density at radius 2 is 1.93 bits per heavy atom. The molecule has 0 bridgehead atoms. The van der Waals surface area contributed by atoms with Crippen molar-refractivity contribution in [3.63, 3.8) is 0 Å². The summed E-state index contributed by atoms with van der Waals surface area (Å²) in [4.78, 5) is 11.4. The largest absolute Gasteiger partial charge is 0.469 e. The maximum absolute atomic E-state index is 11.7. The van der Waals surface area contributed by atoms with E-state index in [2.05, 4.69) is 18.6 Å². The van der Waals surface area contributed by atoms with Gasteiger partial charge in [-0.25, -0.2) is 0 Å². The van der Waals surface area contributed by atoms with Crippen LogP contribution in [0, 0.1) is 11.3 Å². The molecule has 0 aromatic rings. The maximum Gasteiger partial charge on any atom is 0.312 e. The lowest BCUT2D eigenvalue weighted by Gasteiger charge is -2.20. The number of ether oxygens (including phenoxy) is 1. The Bertz CT molecular complexity index is 234. The monoisotopic (exact) mass is 234 g/mol. The molecule has 0 fully saturated rings. The van der Waals surface area contributed by atoms with Gasteiger partial charge in [0.05, 0.1) is 12.5 Å². The second-order valence-corrected chi connectivity index (χ2v) is 6.42. The van der Waals surface area contributed by atoms with E-state index in [-0.39, 0.29) is 5.97 Å². The average molecular weight is 234 g/mol. The number of esters is 1. The molecule has 0 rings (SSSR count). The Kier molecular flexibility index (Phi) is 6.10. The van der Waals surface area contributed by atoms with Crippen molar-refractivity contribution in [1.29, 1.82) is 0 Å². The smallest absolute Gasteiger partial charge is 0.312 e. The molecule has 15 heavy (non-hydrogen) atoms. The molecule has 0 amide bonds. The van der Waals surface area contributed by atoms with E-state index in [0.29, 0.717) is 17.4 Å². The van der Waals surface area contributed by atoms with Crippen LogP contribution in [0.3, 0.4) is 0 Å². The van der Waals surface area contributed by atoms with Crippen LogP contribution in [-0.4, -0.2) is 28.8 Å². The molecule has 1 atom stereocenters. The van der Waals surface area contributed by atoms with E-state index in [1.807, 2.05) is 0 Å². The van der Waals surface area contributed by atoms with Gasteiger partial charge in [-0.2, -0.15) is 0 Å². The predicted molar refractivity (Wildman–Crippen MR) is 63.1 cm³/mol. The van der Waals surface area contributed by atoms with E-state index < -0.39 is 16.2 Å². The third-order valence-corrected chi connectivity index (χ3v) is 3.92. The molecule has 0 saturated carbocycles. The van der Waals surface area contributed by atoms with E-state index in [0.717, 1.165) is 6.42 Å². The van der Waals surface area contributed by atoms with Crippen molar-refractivity contribution in [2.24, 2.45) is 11.3 Å². The summed E-state index contributed by atoms with van der Waals surface area (Å²) in [5.74, 6) is 1.31. The van der Waals surface area contributed by atoms with Gasteiger partial charge in [-0.1, -0.05) is 13.8 Å². The highest BCUT2D eigenvalue weighted by Crippen LogP contribution is 2.19. The Labute approximate surface area is 95.0 Å². The summed E-state index contributed by atoms with van der Waals surface area (Å²) in [5, 5.41) is 0. The highest BCUT2D eigenvalue weighted by atomic mass is 32.2. The minimum Gasteiger partial charge on any atom is -0.469 e. The Balaban J connectivity index is 4.10.